The van der Waals surface area contributed by atoms with Gasteiger partial charge in [-0.1, -0.05) is 44.0 Å². The molecular weight excluding hydrogens is 355 g/mol. The molecule has 0 aliphatic carbocycles. The zero-order chi connectivity index (χ0) is 11.7. The van der Waals surface area contributed by atoms with Gasteiger partial charge in [-0.3, -0.25) is 4.79 Å². The summed E-state index contributed by atoms with van der Waals surface area (Å²) in [7, 11) is 0. The quantitative estimate of drug-likeness (QED) is 0.555. The molecule has 2 rings (SSSR count). The van der Waals surface area contributed by atoms with Gasteiger partial charge in [-0.25, -0.2) is 0 Å². The van der Waals surface area contributed by atoms with Crippen molar-refractivity contribution >= 4 is 60.0 Å². The molecule has 1 nitrogen and oxygen atoms in total. The first-order valence-corrected chi connectivity index (χ1v) is 6.73. The maximum atomic E-state index is 11.7. The van der Waals surface area contributed by atoms with Crippen LogP contribution in [0.3, 0.4) is 0 Å². The Labute approximate surface area is 115 Å². The van der Waals surface area contributed by atoms with Crippen molar-refractivity contribution in [3.8, 4) is 0 Å². The number of rotatable bonds is 2. The Balaban J connectivity index is 2.86. The first kappa shape index (κ1) is 12.1. The molecule has 0 unspecified atom stereocenters. The first-order valence-electron chi connectivity index (χ1n) is 4.61. The summed E-state index contributed by atoms with van der Waals surface area (Å²) >= 11 is 12.5. The summed E-state index contributed by atoms with van der Waals surface area (Å²) in [5.41, 5.74) is 0.653. The zero-order valence-electron chi connectivity index (χ0n) is 8.14. The maximum Gasteiger partial charge on any atom is 0.178 e. The average Bonchev–Trinajstić information content (AvgIpc) is 2.30. The molecule has 0 aliphatic rings. The van der Waals surface area contributed by atoms with E-state index < -0.39 is 0 Å². The SMILES string of the molecule is O=C(CCl)c1ccc(Br)c2cccc(Br)c12. The van der Waals surface area contributed by atoms with Crippen LogP contribution < -0.4 is 0 Å². The topological polar surface area (TPSA) is 17.1 Å². The van der Waals surface area contributed by atoms with Gasteiger partial charge in [0, 0.05) is 19.9 Å². The summed E-state index contributed by atoms with van der Waals surface area (Å²) in [5.74, 6) is -0.0657. The van der Waals surface area contributed by atoms with E-state index in [1.54, 1.807) is 6.07 Å². The van der Waals surface area contributed by atoms with E-state index in [9.17, 15) is 4.79 Å². The highest BCUT2D eigenvalue weighted by molar-refractivity contribution is 9.11. The van der Waals surface area contributed by atoms with Gasteiger partial charge in [0.2, 0.25) is 0 Å². The Kier molecular flexibility index (Phi) is 3.67. The fraction of sp³-hybridized carbons (Fsp3) is 0.0833. The fourth-order valence-corrected chi connectivity index (χ4v) is 2.82. The van der Waals surface area contributed by atoms with E-state index in [4.69, 9.17) is 11.6 Å². The van der Waals surface area contributed by atoms with Crippen LogP contribution in [-0.4, -0.2) is 11.7 Å². The first-order chi connectivity index (χ1) is 7.65. The van der Waals surface area contributed by atoms with E-state index in [1.807, 2.05) is 24.3 Å². The largest absolute Gasteiger partial charge is 0.293 e. The minimum atomic E-state index is -0.0638. The number of benzene rings is 2. The van der Waals surface area contributed by atoms with Crippen molar-refractivity contribution in [2.45, 2.75) is 0 Å². The minimum Gasteiger partial charge on any atom is -0.293 e. The van der Waals surface area contributed by atoms with E-state index in [2.05, 4.69) is 31.9 Å². The van der Waals surface area contributed by atoms with Crippen LogP contribution in [0, 0.1) is 0 Å². The van der Waals surface area contributed by atoms with Crippen molar-refractivity contribution in [1.82, 2.24) is 0 Å². The molecule has 0 heterocycles. The van der Waals surface area contributed by atoms with Gasteiger partial charge in [-0.15, -0.1) is 11.6 Å². The summed E-state index contributed by atoms with van der Waals surface area (Å²) < 4.78 is 1.87. The number of hydrogen-bond acceptors (Lipinski definition) is 1. The van der Waals surface area contributed by atoms with E-state index in [1.165, 1.54) is 0 Å². The van der Waals surface area contributed by atoms with Crippen molar-refractivity contribution in [3.05, 3.63) is 44.8 Å². The van der Waals surface area contributed by atoms with Crippen LogP contribution in [0.5, 0.6) is 0 Å². The predicted octanol–water partition coefficient (Wildman–Crippen LogP) is 4.79. The Morgan fingerprint density at radius 2 is 1.88 bits per heavy atom. The van der Waals surface area contributed by atoms with Gasteiger partial charge in [0.1, 0.15) is 0 Å². The lowest BCUT2D eigenvalue weighted by Crippen LogP contribution is -2.01. The molecule has 0 amide bonds. The second-order valence-electron chi connectivity index (χ2n) is 3.31. The van der Waals surface area contributed by atoms with E-state index >= 15 is 0 Å². The Morgan fingerprint density at radius 3 is 2.56 bits per heavy atom. The summed E-state index contributed by atoms with van der Waals surface area (Å²) in [5, 5.41) is 1.91. The van der Waals surface area contributed by atoms with Crippen LogP contribution in [0.15, 0.2) is 39.3 Å². The van der Waals surface area contributed by atoms with Gasteiger partial charge in [-0.2, -0.15) is 0 Å². The molecule has 2 aromatic rings. The van der Waals surface area contributed by atoms with Crippen LogP contribution >= 0.6 is 43.5 Å². The monoisotopic (exact) mass is 360 g/mol. The number of hydrogen-bond donors (Lipinski definition) is 0. The molecule has 0 aliphatic heterocycles. The number of carbonyl (C=O) groups is 1. The Bertz CT molecular complexity index is 566. The van der Waals surface area contributed by atoms with Crippen molar-refractivity contribution in [2.24, 2.45) is 0 Å². The molecule has 2 aromatic carbocycles. The van der Waals surface area contributed by atoms with Crippen molar-refractivity contribution in [2.75, 3.05) is 5.88 Å². The standard InChI is InChI=1S/C12H7Br2ClO/c13-9-5-4-8(11(16)6-15)12-7(9)2-1-3-10(12)14/h1-5H,6H2. The molecule has 0 bridgehead atoms. The van der Waals surface area contributed by atoms with E-state index in [0.717, 1.165) is 19.7 Å². The van der Waals surface area contributed by atoms with Crippen LogP contribution in [0.25, 0.3) is 10.8 Å². The van der Waals surface area contributed by atoms with Gasteiger partial charge in [0.15, 0.2) is 5.78 Å². The lowest BCUT2D eigenvalue weighted by Gasteiger charge is -2.08. The lowest BCUT2D eigenvalue weighted by molar-refractivity contribution is 0.102. The van der Waals surface area contributed by atoms with E-state index in [-0.39, 0.29) is 11.7 Å². The molecule has 0 atom stereocenters. The van der Waals surface area contributed by atoms with Gasteiger partial charge in [0.25, 0.3) is 0 Å². The molecule has 4 heteroatoms. The fourth-order valence-electron chi connectivity index (χ4n) is 1.63. The summed E-state index contributed by atoms with van der Waals surface area (Å²) in [6, 6.07) is 9.48. The molecule has 0 spiro atoms. The lowest BCUT2D eigenvalue weighted by atomic mass is 10.0. The van der Waals surface area contributed by atoms with Crippen LogP contribution in [0.1, 0.15) is 10.4 Å². The third kappa shape index (κ3) is 2.04. The molecular formula is C12H7Br2ClO. The third-order valence-electron chi connectivity index (χ3n) is 2.36. The molecule has 0 N–H and O–H groups in total. The zero-order valence-corrected chi connectivity index (χ0v) is 12.1. The predicted molar refractivity (Wildman–Crippen MR) is 74.4 cm³/mol. The highest BCUT2D eigenvalue weighted by Gasteiger charge is 2.12. The molecule has 0 radical (unpaired) electrons. The normalized spacial score (nSPS) is 10.7. The Hall–Kier alpha value is -0.380. The van der Waals surface area contributed by atoms with Gasteiger partial charge in [-0.05, 0) is 23.6 Å². The highest BCUT2D eigenvalue weighted by Crippen LogP contribution is 2.32. The van der Waals surface area contributed by atoms with Gasteiger partial charge in [0.05, 0.1) is 5.88 Å². The van der Waals surface area contributed by atoms with Crippen molar-refractivity contribution < 1.29 is 4.79 Å². The number of Topliss-reactive ketones (excluding diaryl/α,β-unsaturated/α-hetero) is 1. The minimum absolute atomic E-state index is 0.00192. The third-order valence-corrected chi connectivity index (χ3v) is 3.95. The van der Waals surface area contributed by atoms with Crippen LogP contribution in [-0.2, 0) is 0 Å². The van der Waals surface area contributed by atoms with Gasteiger partial charge >= 0.3 is 0 Å². The van der Waals surface area contributed by atoms with Crippen LogP contribution in [0.2, 0.25) is 0 Å². The average molecular weight is 362 g/mol. The maximum absolute atomic E-state index is 11.7. The van der Waals surface area contributed by atoms with Crippen LogP contribution in [0.4, 0.5) is 0 Å². The second-order valence-corrected chi connectivity index (χ2v) is 5.29. The van der Waals surface area contributed by atoms with Gasteiger partial charge < -0.3 is 0 Å². The van der Waals surface area contributed by atoms with Crippen molar-refractivity contribution in [1.29, 1.82) is 0 Å². The molecule has 0 saturated carbocycles. The summed E-state index contributed by atoms with van der Waals surface area (Å²) in [6.07, 6.45) is 0. The number of ketones is 1. The second kappa shape index (κ2) is 4.86. The molecule has 82 valence electrons. The highest BCUT2D eigenvalue weighted by atomic mass is 79.9. The Morgan fingerprint density at radius 1 is 1.12 bits per heavy atom. The van der Waals surface area contributed by atoms with E-state index in [0.29, 0.717) is 5.56 Å². The molecule has 0 aromatic heterocycles. The molecule has 16 heavy (non-hydrogen) atoms. The number of alkyl halides is 1. The number of carbonyl (C=O) groups excluding carboxylic acids is 1. The number of fused-ring (bicyclic) bond motifs is 1. The summed E-state index contributed by atoms with van der Waals surface area (Å²) in [6.45, 7) is 0. The smallest absolute Gasteiger partial charge is 0.178 e. The molecule has 0 fully saturated rings. The van der Waals surface area contributed by atoms with Crippen molar-refractivity contribution in [3.63, 3.8) is 0 Å². The molecule has 0 saturated heterocycles. The summed E-state index contributed by atoms with van der Waals surface area (Å²) in [4.78, 5) is 11.7. The number of halogens is 3.